The maximum absolute atomic E-state index is 13.0. The number of benzene rings is 1. The van der Waals surface area contributed by atoms with Crippen LogP contribution in [0.2, 0.25) is 0 Å². The molecule has 1 heterocycles. The molecule has 2 nitrogen and oxygen atoms in total. The van der Waals surface area contributed by atoms with E-state index in [1.54, 1.807) is 12.3 Å². The van der Waals surface area contributed by atoms with E-state index in [-0.39, 0.29) is 5.82 Å². The van der Waals surface area contributed by atoms with Crippen molar-refractivity contribution in [3.8, 4) is 0 Å². The zero-order valence-corrected chi connectivity index (χ0v) is 7.92. The summed E-state index contributed by atoms with van der Waals surface area (Å²) in [6, 6.07) is 4.56. The van der Waals surface area contributed by atoms with Crippen molar-refractivity contribution in [1.82, 2.24) is 4.98 Å². The van der Waals surface area contributed by atoms with Crippen LogP contribution >= 0.6 is 0 Å². The van der Waals surface area contributed by atoms with Gasteiger partial charge in [-0.15, -0.1) is 0 Å². The lowest BCUT2D eigenvalue weighted by Crippen LogP contribution is -1.96. The van der Waals surface area contributed by atoms with Crippen molar-refractivity contribution in [2.75, 3.05) is 5.73 Å². The highest BCUT2D eigenvalue weighted by molar-refractivity contribution is 5.86. The van der Waals surface area contributed by atoms with Crippen molar-refractivity contribution >= 4 is 16.6 Å². The van der Waals surface area contributed by atoms with Crippen LogP contribution in [0.15, 0.2) is 24.4 Å². The zero-order chi connectivity index (χ0) is 10.1. The molecule has 0 saturated heterocycles. The molecule has 0 fully saturated rings. The van der Waals surface area contributed by atoms with Gasteiger partial charge in [-0.3, -0.25) is 4.98 Å². The van der Waals surface area contributed by atoms with Crippen molar-refractivity contribution < 1.29 is 4.39 Å². The Morgan fingerprint density at radius 3 is 2.93 bits per heavy atom. The van der Waals surface area contributed by atoms with Crippen molar-refractivity contribution in [3.63, 3.8) is 0 Å². The minimum Gasteiger partial charge on any atom is -0.397 e. The third-order valence-corrected chi connectivity index (χ3v) is 2.33. The number of aryl methyl sites for hydroxylation is 1. The molecule has 0 aliphatic rings. The predicted octanol–water partition coefficient (Wildman–Crippen LogP) is 2.52. The molecular formula is C11H11FN2. The van der Waals surface area contributed by atoms with Crippen LogP contribution in [0.5, 0.6) is 0 Å². The quantitative estimate of drug-likeness (QED) is 0.750. The van der Waals surface area contributed by atoms with Gasteiger partial charge in [0.2, 0.25) is 0 Å². The van der Waals surface area contributed by atoms with E-state index in [1.807, 2.05) is 6.92 Å². The maximum atomic E-state index is 13.0. The summed E-state index contributed by atoms with van der Waals surface area (Å²) in [5.74, 6) is -0.250. The third-order valence-electron chi connectivity index (χ3n) is 2.33. The first-order valence-electron chi connectivity index (χ1n) is 4.55. The molecule has 2 rings (SSSR count). The normalized spacial score (nSPS) is 10.7. The molecule has 0 radical (unpaired) electrons. The Morgan fingerprint density at radius 2 is 2.21 bits per heavy atom. The number of nitrogens with two attached hydrogens (primary N) is 1. The standard InChI is InChI=1S/C11H11FN2/c1-2-8-9-5-7(12)3-4-11(9)14-6-10(8)13/h3-6H,2,13H2,1H3. The fourth-order valence-corrected chi connectivity index (χ4v) is 1.63. The summed E-state index contributed by atoms with van der Waals surface area (Å²) < 4.78 is 13.0. The number of hydrogen-bond donors (Lipinski definition) is 1. The van der Waals surface area contributed by atoms with Crippen LogP contribution in [0.25, 0.3) is 10.9 Å². The van der Waals surface area contributed by atoms with E-state index < -0.39 is 0 Å². The van der Waals surface area contributed by atoms with E-state index in [9.17, 15) is 4.39 Å². The molecule has 0 bridgehead atoms. The van der Waals surface area contributed by atoms with E-state index in [0.717, 1.165) is 22.9 Å². The van der Waals surface area contributed by atoms with Gasteiger partial charge in [0, 0.05) is 5.39 Å². The number of nitrogens with zero attached hydrogens (tertiary/aromatic N) is 1. The van der Waals surface area contributed by atoms with Crippen LogP contribution in [0.4, 0.5) is 10.1 Å². The first-order chi connectivity index (χ1) is 6.72. The number of nitrogen functional groups attached to an aromatic ring is 1. The number of anilines is 1. The van der Waals surface area contributed by atoms with Crippen molar-refractivity contribution in [2.24, 2.45) is 0 Å². The van der Waals surface area contributed by atoms with Crippen LogP contribution < -0.4 is 5.73 Å². The van der Waals surface area contributed by atoms with Crippen molar-refractivity contribution in [1.29, 1.82) is 0 Å². The second-order valence-electron chi connectivity index (χ2n) is 3.21. The molecule has 2 aromatic rings. The first-order valence-corrected chi connectivity index (χ1v) is 4.55. The molecule has 0 aliphatic heterocycles. The summed E-state index contributed by atoms with van der Waals surface area (Å²) in [7, 11) is 0. The number of fused-ring (bicyclic) bond motifs is 1. The fraction of sp³-hybridized carbons (Fsp3) is 0.182. The number of rotatable bonds is 1. The lowest BCUT2D eigenvalue weighted by molar-refractivity contribution is 0.629. The number of pyridine rings is 1. The van der Waals surface area contributed by atoms with Gasteiger partial charge >= 0.3 is 0 Å². The van der Waals surface area contributed by atoms with E-state index in [2.05, 4.69) is 4.98 Å². The molecule has 0 atom stereocenters. The summed E-state index contributed by atoms with van der Waals surface area (Å²) in [5.41, 5.74) is 8.15. The smallest absolute Gasteiger partial charge is 0.123 e. The largest absolute Gasteiger partial charge is 0.397 e. The molecule has 0 spiro atoms. The van der Waals surface area contributed by atoms with Gasteiger partial charge in [-0.2, -0.15) is 0 Å². The highest BCUT2D eigenvalue weighted by Gasteiger charge is 2.05. The minimum atomic E-state index is -0.250. The maximum Gasteiger partial charge on any atom is 0.123 e. The lowest BCUT2D eigenvalue weighted by atomic mass is 10.1. The summed E-state index contributed by atoms with van der Waals surface area (Å²) in [6.07, 6.45) is 2.41. The van der Waals surface area contributed by atoms with E-state index in [1.165, 1.54) is 12.1 Å². The fourth-order valence-electron chi connectivity index (χ4n) is 1.63. The Kier molecular flexibility index (Phi) is 2.08. The SMILES string of the molecule is CCc1c(N)cnc2ccc(F)cc12. The third kappa shape index (κ3) is 1.31. The molecule has 1 aromatic carbocycles. The Balaban J connectivity index is 2.84. The highest BCUT2D eigenvalue weighted by Crippen LogP contribution is 2.23. The van der Waals surface area contributed by atoms with Crippen molar-refractivity contribution in [2.45, 2.75) is 13.3 Å². The summed E-state index contributed by atoms with van der Waals surface area (Å²) in [4.78, 5) is 4.14. The van der Waals surface area contributed by atoms with Gasteiger partial charge in [-0.05, 0) is 30.2 Å². The van der Waals surface area contributed by atoms with E-state index >= 15 is 0 Å². The van der Waals surface area contributed by atoms with Crippen LogP contribution in [-0.2, 0) is 6.42 Å². The second kappa shape index (κ2) is 3.25. The number of halogens is 1. The molecule has 14 heavy (non-hydrogen) atoms. The van der Waals surface area contributed by atoms with E-state index in [0.29, 0.717) is 5.69 Å². The molecule has 0 saturated carbocycles. The van der Waals surface area contributed by atoms with Crippen LogP contribution in [0, 0.1) is 5.82 Å². The molecular weight excluding hydrogens is 179 g/mol. The average Bonchev–Trinajstić information content (AvgIpc) is 2.17. The molecule has 72 valence electrons. The average molecular weight is 190 g/mol. The Labute approximate surface area is 81.6 Å². The monoisotopic (exact) mass is 190 g/mol. The Morgan fingerprint density at radius 1 is 1.43 bits per heavy atom. The van der Waals surface area contributed by atoms with Gasteiger partial charge < -0.3 is 5.73 Å². The molecule has 1 aromatic heterocycles. The van der Waals surface area contributed by atoms with Crippen LogP contribution in [-0.4, -0.2) is 4.98 Å². The topological polar surface area (TPSA) is 38.9 Å². The number of aromatic nitrogens is 1. The molecule has 0 amide bonds. The molecule has 0 unspecified atom stereocenters. The van der Waals surface area contributed by atoms with Gasteiger partial charge in [0.25, 0.3) is 0 Å². The predicted molar refractivity (Wildman–Crippen MR) is 55.5 cm³/mol. The molecule has 3 heteroatoms. The van der Waals surface area contributed by atoms with Gasteiger partial charge in [0.15, 0.2) is 0 Å². The Hall–Kier alpha value is -1.64. The van der Waals surface area contributed by atoms with Gasteiger partial charge in [-0.1, -0.05) is 6.92 Å². The summed E-state index contributed by atoms with van der Waals surface area (Å²) >= 11 is 0. The minimum absolute atomic E-state index is 0.250. The Bertz CT molecular complexity index is 475. The summed E-state index contributed by atoms with van der Waals surface area (Å²) in [5, 5.41) is 0.813. The van der Waals surface area contributed by atoms with Gasteiger partial charge in [0.1, 0.15) is 5.82 Å². The van der Waals surface area contributed by atoms with Crippen LogP contribution in [0.1, 0.15) is 12.5 Å². The van der Waals surface area contributed by atoms with Gasteiger partial charge in [0.05, 0.1) is 17.4 Å². The molecule has 2 N–H and O–H groups in total. The highest BCUT2D eigenvalue weighted by atomic mass is 19.1. The van der Waals surface area contributed by atoms with E-state index in [4.69, 9.17) is 5.73 Å². The lowest BCUT2D eigenvalue weighted by Gasteiger charge is -2.06. The summed E-state index contributed by atoms with van der Waals surface area (Å²) in [6.45, 7) is 2.00. The number of hydrogen-bond acceptors (Lipinski definition) is 2. The van der Waals surface area contributed by atoms with Gasteiger partial charge in [-0.25, -0.2) is 4.39 Å². The first kappa shape index (κ1) is 8.94. The van der Waals surface area contributed by atoms with Crippen molar-refractivity contribution in [3.05, 3.63) is 35.8 Å². The zero-order valence-electron chi connectivity index (χ0n) is 7.92. The second-order valence-corrected chi connectivity index (χ2v) is 3.21. The van der Waals surface area contributed by atoms with Crippen LogP contribution in [0.3, 0.4) is 0 Å². The molecule has 0 aliphatic carbocycles.